The molecule has 0 unspecified atom stereocenters. The second-order valence-electron chi connectivity index (χ2n) is 5.13. The van der Waals surface area contributed by atoms with E-state index in [9.17, 15) is 0 Å². The largest absolute Gasteiger partial charge is 0.378 e. The van der Waals surface area contributed by atoms with Crippen molar-refractivity contribution in [3.63, 3.8) is 0 Å². The standard InChI is InChI=1S/C15H19N5O/c1-11-4-3-5-12(2)14(11)17-13-10-16-19-15(18-13)20-6-8-21-9-7-20/h3-5,10H,6-9H2,1-2H3,(H,17,18,19). The molecule has 21 heavy (non-hydrogen) atoms. The minimum absolute atomic E-state index is 0.648. The van der Waals surface area contributed by atoms with Gasteiger partial charge in [0.25, 0.3) is 0 Å². The van der Waals surface area contributed by atoms with E-state index in [1.165, 1.54) is 11.1 Å². The molecule has 0 saturated carbocycles. The SMILES string of the molecule is Cc1cccc(C)c1Nc1cnnc(N2CCOCC2)n1. The van der Waals surface area contributed by atoms with Crippen LogP contribution < -0.4 is 10.2 Å². The van der Waals surface area contributed by atoms with Crippen molar-refractivity contribution in [2.75, 3.05) is 36.5 Å². The van der Waals surface area contributed by atoms with Crippen molar-refractivity contribution in [3.8, 4) is 0 Å². The average molecular weight is 285 g/mol. The number of ether oxygens (including phenoxy) is 1. The van der Waals surface area contributed by atoms with Crippen molar-refractivity contribution in [1.82, 2.24) is 15.2 Å². The molecular weight excluding hydrogens is 266 g/mol. The summed E-state index contributed by atoms with van der Waals surface area (Å²) in [4.78, 5) is 6.65. The van der Waals surface area contributed by atoms with E-state index in [-0.39, 0.29) is 0 Å². The van der Waals surface area contributed by atoms with Crippen LogP contribution >= 0.6 is 0 Å². The molecule has 0 amide bonds. The number of para-hydroxylation sites is 1. The van der Waals surface area contributed by atoms with Crippen molar-refractivity contribution in [2.24, 2.45) is 0 Å². The topological polar surface area (TPSA) is 63.2 Å². The number of hydrogen-bond acceptors (Lipinski definition) is 6. The fourth-order valence-electron chi connectivity index (χ4n) is 2.39. The van der Waals surface area contributed by atoms with Gasteiger partial charge in [0.15, 0.2) is 5.82 Å². The van der Waals surface area contributed by atoms with Gasteiger partial charge in [-0.3, -0.25) is 0 Å². The predicted octanol–water partition coefficient (Wildman–Crippen LogP) is 2.07. The van der Waals surface area contributed by atoms with Gasteiger partial charge in [-0.05, 0) is 25.0 Å². The molecule has 1 saturated heterocycles. The maximum absolute atomic E-state index is 5.35. The molecule has 1 aromatic heterocycles. The summed E-state index contributed by atoms with van der Waals surface area (Å²) in [5.74, 6) is 1.36. The van der Waals surface area contributed by atoms with E-state index in [0.717, 1.165) is 18.8 Å². The Morgan fingerprint density at radius 2 is 1.86 bits per heavy atom. The number of benzene rings is 1. The zero-order chi connectivity index (χ0) is 14.7. The number of hydrogen-bond donors (Lipinski definition) is 1. The summed E-state index contributed by atoms with van der Waals surface area (Å²) in [6.07, 6.45) is 1.65. The van der Waals surface area contributed by atoms with Crippen LogP contribution in [-0.2, 0) is 4.74 Å². The van der Waals surface area contributed by atoms with Gasteiger partial charge in [-0.2, -0.15) is 10.1 Å². The highest BCUT2D eigenvalue weighted by Gasteiger charge is 2.15. The summed E-state index contributed by atoms with van der Waals surface area (Å²) in [7, 11) is 0. The number of nitrogens with zero attached hydrogens (tertiary/aromatic N) is 4. The lowest BCUT2D eigenvalue weighted by molar-refractivity contribution is 0.122. The van der Waals surface area contributed by atoms with E-state index in [4.69, 9.17) is 4.74 Å². The minimum Gasteiger partial charge on any atom is -0.378 e. The zero-order valence-corrected chi connectivity index (χ0v) is 12.3. The Morgan fingerprint density at radius 3 is 2.57 bits per heavy atom. The van der Waals surface area contributed by atoms with Gasteiger partial charge in [-0.15, -0.1) is 5.10 Å². The number of nitrogens with one attached hydrogen (secondary N) is 1. The van der Waals surface area contributed by atoms with Gasteiger partial charge in [0, 0.05) is 18.8 Å². The van der Waals surface area contributed by atoms with Crippen LogP contribution in [0.2, 0.25) is 0 Å². The van der Waals surface area contributed by atoms with Crippen LogP contribution in [0.5, 0.6) is 0 Å². The maximum atomic E-state index is 5.35. The smallest absolute Gasteiger partial charge is 0.247 e. The summed E-state index contributed by atoms with van der Waals surface area (Å²) in [6, 6.07) is 6.20. The average Bonchev–Trinajstić information content (AvgIpc) is 2.52. The number of anilines is 3. The van der Waals surface area contributed by atoms with Crippen LogP contribution in [0.1, 0.15) is 11.1 Å². The van der Waals surface area contributed by atoms with Crippen LogP contribution in [0.25, 0.3) is 0 Å². The first-order valence-corrected chi connectivity index (χ1v) is 7.10. The van der Waals surface area contributed by atoms with Crippen LogP contribution in [0.3, 0.4) is 0 Å². The van der Waals surface area contributed by atoms with E-state index >= 15 is 0 Å². The lowest BCUT2D eigenvalue weighted by Crippen LogP contribution is -2.37. The molecule has 1 aliphatic heterocycles. The highest BCUT2D eigenvalue weighted by Crippen LogP contribution is 2.23. The molecule has 2 aromatic rings. The Balaban J connectivity index is 1.83. The third-order valence-corrected chi connectivity index (χ3v) is 3.58. The summed E-state index contributed by atoms with van der Waals surface area (Å²) >= 11 is 0. The first-order chi connectivity index (χ1) is 10.2. The van der Waals surface area contributed by atoms with Crippen molar-refractivity contribution in [1.29, 1.82) is 0 Å². The van der Waals surface area contributed by atoms with Crippen LogP contribution in [0.15, 0.2) is 24.4 Å². The Hall–Kier alpha value is -2.21. The van der Waals surface area contributed by atoms with Gasteiger partial charge in [0.1, 0.15) is 0 Å². The molecule has 1 fully saturated rings. The zero-order valence-electron chi connectivity index (χ0n) is 12.3. The molecule has 1 N–H and O–H groups in total. The molecule has 6 heteroatoms. The van der Waals surface area contributed by atoms with Gasteiger partial charge >= 0.3 is 0 Å². The maximum Gasteiger partial charge on any atom is 0.247 e. The lowest BCUT2D eigenvalue weighted by atomic mass is 10.1. The number of morpholine rings is 1. The fourth-order valence-corrected chi connectivity index (χ4v) is 2.39. The summed E-state index contributed by atoms with van der Waals surface area (Å²) < 4.78 is 5.35. The summed E-state index contributed by atoms with van der Waals surface area (Å²) in [5.41, 5.74) is 3.44. The van der Waals surface area contributed by atoms with Crippen LogP contribution in [0, 0.1) is 13.8 Å². The number of aromatic nitrogens is 3. The molecule has 0 bridgehead atoms. The molecule has 3 rings (SSSR count). The van der Waals surface area contributed by atoms with Gasteiger partial charge in [0.05, 0.1) is 19.4 Å². The molecule has 1 aliphatic rings. The van der Waals surface area contributed by atoms with Crippen LogP contribution in [-0.4, -0.2) is 41.5 Å². The Morgan fingerprint density at radius 1 is 1.14 bits per heavy atom. The predicted molar refractivity (Wildman–Crippen MR) is 82.1 cm³/mol. The highest BCUT2D eigenvalue weighted by molar-refractivity contribution is 5.64. The third-order valence-electron chi connectivity index (χ3n) is 3.58. The first kappa shape index (κ1) is 13.8. The quantitative estimate of drug-likeness (QED) is 0.931. The lowest BCUT2D eigenvalue weighted by Gasteiger charge is -2.26. The van der Waals surface area contributed by atoms with Gasteiger partial charge < -0.3 is 15.0 Å². The van der Waals surface area contributed by atoms with E-state index < -0.39 is 0 Å². The molecule has 0 spiro atoms. The Bertz CT molecular complexity index is 605. The molecule has 0 radical (unpaired) electrons. The number of rotatable bonds is 3. The molecule has 6 nitrogen and oxygen atoms in total. The third kappa shape index (κ3) is 3.11. The van der Waals surface area contributed by atoms with Crippen LogP contribution in [0.4, 0.5) is 17.5 Å². The summed E-state index contributed by atoms with van der Waals surface area (Å²) in [5, 5.41) is 11.5. The Kier molecular flexibility index (Phi) is 3.96. The Labute approximate surface area is 124 Å². The van der Waals surface area contributed by atoms with Gasteiger partial charge in [0.2, 0.25) is 5.95 Å². The van der Waals surface area contributed by atoms with Crippen molar-refractivity contribution in [3.05, 3.63) is 35.5 Å². The van der Waals surface area contributed by atoms with Crippen molar-refractivity contribution < 1.29 is 4.74 Å². The van der Waals surface area contributed by atoms with Gasteiger partial charge in [-0.1, -0.05) is 18.2 Å². The monoisotopic (exact) mass is 285 g/mol. The van der Waals surface area contributed by atoms with E-state index in [1.54, 1.807) is 6.20 Å². The molecule has 0 atom stereocenters. The molecule has 110 valence electrons. The minimum atomic E-state index is 0.648. The molecular formula is C15H19N5O. The molecule has 2 heterocycles. The second kappa shape index (κ2) is 6.05. The van der Waals surface area contributed by atoms with E-state index in [2.05, 4.69) is 51.4 Å². The highest BCUT2D eigenvalue weighted by atomic mass is 16.5. The van der Waals surface area contributed by atoms with E-state index in [0.29, 0.717) is 25.0 Å². The second-order valence-corrected chi connectivity index (χ2v) is 5.13. The fraction of sp³-hybridized carbons (Fsp3) is 0.400. The first-order valence-electron chi connectivity index (χ1n) is 7.10. The van der Waals surface area contributed by atoms with Gasteiger partial charge in [-0.25, -0.2) is 0 Å². The number of aryl methyl sites for hydroxylation is 2. The van der Waals surface area contributed by atoms with E-state index in [1.807, 2.05) is 6.07 Å². The molecule has 0 aliphatic carbocycles. The van der Waals surface area contributed by atoms with Crippen molar-refractivity contribution in [2.45, 2.75) is 13.8 Å². The van der Waals surface area contributed by atoms with Crippen molar-refractivity contribution >= 4 is 17.5 Å². The molecule has 1 aromatic carbocycles. The summed E-state index contributed by atoms with van der Waals surface area (Å²) in [6.45, 7) is 7.17. The normalized spacial score (nSPS) is 15.0.